The van der Waals surface area contributed by atoms with Gasteiger partial charge in [0.25, 0.3) is 0 Å². The van der Waals surface area contributed by atoms with Crippen LogP contribution >= 0.6 is 0 Å². The van der Waals surface area contributed by atoms with E-state index < -0.39 is 12.3 Å². The summed E-state index contributed by atoms with van der Waals surface area (Å²) in [7, 11) is 0. The van der Waals surface area contributed by atoms with E-state index in [4.69, 9.17) is 14.6 Å². The van der Waals surface area contributed by atoms with Gasteiger partial charge in [-0.2, -0.15) is 0 Å². The molecule has 0 bridgehead atoms. The van der Waals surface area contributed by atoms with Crippen LogP contribution in [0.3, 0.4) is 0 Å². The fraction of sp³-hybridized carbons (Fsp3) is 0.938. The van der Waals surface area contributed by atoms with Gasteiger partial charge < -0.3 is 19.3 Å². The molecule has 21 heavy (non-hydrogen) atoms. The van der Waals surface area contributed by atoms with Crippen LogP contribution in [-0.4, -0.2) is 36.9 Å². The topological polar surface area (TPSA) is 65.0 Å². The van der Waals surface area contributed by atoms with Crippen molar-refractivity contribution in [3.8, 4) is 0 Å². The monoisotopic (exact) mass is 300 g/mol. The Kier molecular flexibility index (Phi) is 6.77. The van der Waals surface area contributed by atoms with E-state index in [1.54, 1.807) is 0 Å². The largest absolute Gasteiger partial charge is 0.506 e. The van der Waals surface area contributed by atoms with Gasteiger partial charge in [0, 0.05) is 5.92 Å². The molecule has 0 amide bonds. The quantitative estimate of drug-likeness (QED) is 0.597. The summed E-state index contributed by atoms with van der Waals surface area (Å²) in [5.74, 6) is 1.33. The first-order valence-corrected chi connectivity index (χ1v) is 8.31. The zero-order valence-corrected chi connectivity index (χ0v) is 13.0. The van der Waals surface area contributed by atoms with Crippen LogP contribution in [0.1, 0.15) is 58.3 Å². The second-order valence-corrected chi connectivity index (χ2v) is 6.32. The highest BCUT2D eigenvalue weighted by Gasteiger charge is 2.33. The van der Waals surface area contributed by atoms with E-state index in [-0.39, 0.29) is 6.29 Å². The Hall–Kier alpha value is -0.810. The minimum atomic E-state index is -1.27. The lowest BCUT2D eigenvalue weighted by molar-refractivity contribution is -0.243. The zero-order valence-electron chi connectivity index (χ0n) is 13.0. The van der Waals surface area contributed by atoms with Crippen molar-refractivity contribution in [2.75, 3.05) is 13.2 Å². The molecule has 1 aliphatic carbocycles. The van der Waals surface area contributed by atoms with E-state index in [1.807, 2.05) is 0 Å². The predicted octanol–water partition coefficient (Wildman–Crippen LogP) is 3.81. The first kappa shape index (κ1) is 16.6. The van der Waals surface area contributed by atoms with Gasteiger partial charge in [-0.15, -0.1) is 0 Å². The fourth-order valence-corrected chi connectivity index (χ4v) is 3.42. The molecule has 0 aromatic rings. The molecule has 5 nitrogen and oxygen atoms in total. The van der Waals surface area contributed by atoms with Gasteiger partial charge in [0.15, 0.2) is 12.4 Å². The Bertz CT molecular complexity index is 304. The molecular weight excluding hydrogens is 272 g/mol. The van der Waals surface area contributed by atoms with Gasteiger partial charge in [0.2, 0.25) is 0 Å². The Morgan fingerprint density at radius 1 is 1.14 bits per heavy atom. The number of carboxylic acid groups (broad SMARTS) is 1. The summed E-state index contributed by atoms with van der Waals surface area (Å²) in [6, 6.07) is 0. The number of hydrogen-bond acceptors (Lipinski definition) is 4. The number of ether oxygens (including phenoxy) is 3. The van der Waals surface area contributed by atoms with Crippen LogP contribution in [0, 0.1) is 11.8 Å². The van der Waals surface area contributed by atoms with E-state index in [2.05, 4.69) is 11.7 Å². The van der Waals surface area contributed by atoms with Crippen molar-refractivity contribution in [2.24, 2.45) is 11.8 Å². The minimum Gasteiger partial charge on any atom is -0.450 e. The molecule has 122 valence electrons. The molecule has 0 atom stereocenters. The number of unbranched alkanes of at least 4 members (excludes halogenated alkanes) is 2. The van der Waals surface area contributed by atoms with Gasteiger partial charge in [-0.1, -0.05) is 32.6 Å². The second kappa shape index (κ2) is 8.59. The van der Waals surface area contributed by atoms with Crippen molar-refractivity contribution in [1.82, 2.24) is 0 Å². The minimum absolute atomic E-state index is 0.171. The summed E-state index contributed by atoms with van der Waals surface area (Å²) in [5, 5.41) is 8.56. The van der Waals surface area contributed by atoms with Crippen LogP contribution in [0.4, 0.5) is 4.79 Å². The molecule has 0 spiro atoms. The van der Waals surface area contributed by atoms with Gasteiger partial charge in [-0.25, -0.2) is 4.79 Å². The van der Waals surface area contributed by atoms with E-state index in [9.17, 15) is 4.79 Å². The molecule has 2 rings (SSSR count). The molecule has 0 aromatic heterocycles. The number of carbonyl (C=O) groups is 1. The highest BCUT2D eigenvalue weighted by atomic mass is 16.7. The molecule has 1 saturated heterocycles. The SMILES string of the molecule is CCCCCC1CCC(C2OCC(OC(=O)O)CO2)CC1. The molecule has 1 aliphatic heterocycles. The zero-order chi connectivity index (χ0) is 15.1. The van der Waals surface area contributed by atoms with Crippen LogP contribution in [0.2, 0.25) is 0 Å². The lowest BCUT2D eigenvalue weighted by atomic mass is 9.79. The highest BCUT2D eigenvalue weighted by molar-refractivity contribution is 5.57. The van der Waals surface area contributed by atoms with Crippen LogP contribution < -0.4 is 0 Å². The maximum absolute atomic E-state index is 10.5. The first-order valence-electron chi connectivity index (χ1n) is 8.31. The molecule has 0 unspecified atom stereocenters. The predicted molar refractivity (Wildman–Crippen MR) is 78.2 cm³/mol. The Labute approximate surface area is 126 Å². The van der Waals surface area contributed by atoms with E-state index >= 15 is 0 Å². The molecule has 1 N–H and O–H groups in total. The van der Waals surface area contributed by atoms with Gasteiger partial charge in [-0.3, -0.25) is 0 Å². The van der Waals surface area contributed by atoms with Crippen LogP contribution in [0.5, 0.6) is 0 Å². The molecule has 0 aromatic carbocycles. The normalized spacial score (nSPS) is 33.6. The van der Waals surface area contributed by atoms with Gasteiger partial charge in [-0.05, 0) is 31.6 Å². The van der Waals surface area contributed by atoms with Crippen LogP contribution in [-0.2, 0) is 14.2 Å². The van der Waals surface area contributed by atoms with E-state index in [0.29, 0.717) is 19.1 Å². The molecular formula is C16H28O5. The van der Waals surface area contributed by atoms with Gasteiger partial charge in [0.1, 0.15) is 0 Å². The number of hydrogen-bond donors (Lipinski definition) is 1. The lowest BCUT2D eigenvalue weighted by Gasteiger charge is -2.37. The van der Waals surface area contributed by atoms with E-state index in [0.717, 1.165) is 18.8 Å². The van der Waals surface area contributed by atoms with Crippen molar-refractivity contribution in [1.29, 1.82) is 0 Å². The Morgan fingerprint density at radius 3 is 2.38 bits per heavy atom. The average molecular weight is 300 g/mol. The van der Waals surface area contributed by atoms with Crippen molar-refractivity contribution in [3.05, 3.63) is 0 Å². The number of rotatable bonds is 6. The fourth-order valence-electron chi connectivity index (χ4n) is 3.42. The Morgan fingerprint density at radius 2 is 1.81 bits per heavy atom. The molecule has 0 radical (unpaired) electrons. The lowest BCUT2D eigenvalue weighted by Crippen LogP contribution is -2.42. The van der Waals surface area contributed by atoms with Crippen molar-refractivity contribution in [3.63, 3.8) is 0 Å². The third-order valence-electron chi connectivity index (χ3n) is 4.65. The first-order chi connectivity index (χ1) is 10.2. The Balaban J connectivity index is 1.63. The summed E-state index contributed by atoms with van der Waals surface area (Å²) in [5.41, 5.74) is 0. The molecule has 1 saturated carbocycles. The molecule has 5 heteroatoms. The maximum atomic E-state index is 10.5. The summed E-state index contributed by atoms with van der Waals surface area (Å²) in [4.78, 5) is 10.5. The van der Waals surface area contributed by atoms with Crippen molar-refractivity contribution < 1.29 is 24.1 Å². The van der Waals surface area contributed by atoms with Crippen molar-refractivity contribution in [2.45, 2.75) is 70.7 Å². The van der Waals surface area contributed by atoms with Crippen LogP contribution in [0.25, 0.3) is 0 Å². The molecule has 2 fully saturated rings. The molecule has 1 heterocycles. The smallest absolute Gasteiger partial charge is 0.450 e. The van der Waals surface area contributed by atoms with Crippen LogP contribution in [0.15, 0.2) is 0 Å². The standard InChI is InChI=1S/C16H28O5/c1-2-3-4-5-12-6-8-13(9-7-12)15-19-10-14(11-20-15)21-16(17)18/h12-15H,2-11H2,1H3,(H,17,18). The summed E-state index contributed by atoms with van der Waals surface area (Å²) >= 11 is 0. The van der Waals surface area contributed by atoms with Crippen molar-refractivity contribution >= 4 is 6.16 Å². The average Bonchev–Trinajstić information content (AvgIpc) is 2.49. The summed E-state index contributed by atoms with van der Waals surface area (Å²) in [6.07, 6.45) is 8.30. The third kappa shape index (κ3) is 5.47. The second-order valence-electron chi connectivity index (χ2n) is 6.32. The summed E-state index contributed by atoms with van der Waals surface area (Å²) < 4.78 is 16.0. The summed E-state index contributed by atoms with van der Waals surface area (Å²) in [6.45, 7) is 2.87. The third-order valence-corrected chi connectivity index (χ3v) is 4.65. The van der Waals surface area contributed by atoms with Gasteiger partial charge in [0.05, 0.1) is 13.2 Å². The van der Waals surface area contributed by atoms with Gasteiger partial charge >= 0.3 is 6.16 Å². The molecule has 2 aliphatic rings. The van der Waals surface area contributed by atoms with E-state index in [1.165, 1.54) is 38.5 Å². The highest BCUT2D eigenvalue weighted by Crippen LogP contribution is 2.35. The maximum Gasteiger partial charge on any atom is 0.506 e.